The van der Waals surface area contributed by atoms with Crippen LogP contribution in [-0.4, -0.2) is 11.7 Å². The third-order valence-electron chi connectivity index (χ3n) is 3.52. The van der Waals surface area contributed by atoms with E-state index in [1.54, 1.807) is 18.2 Å². The molecule has 1 saturated heterocycles. The summed E-state index contributed by atoms with van der Waals surface area (Å²) in [5.74, 6) is -0.965. The molecule has 1 unspecified atom stereocenters. The molecule has 2 heterocycles. The van der Waals surface area contributed by atoms with Crippen LogP contribution < -0.4 is 5.32 Å². The number of hydrogen-bond donors (Lipinski definition) is 1. The van der Waals surface area contributed by atoms with E-state index in [4.69, 9.17) is 0 Å². The Balaban J connectivity index is 2.21. The standard InChI is InChI=1S/C15H12FNO2S/c16-13-4-2-1-3-12(13)15(10-5-6-20-9-10)8-11(18)7-14(19)17-15/h1-6,9H,7-8H2,(H,17,19). The Labute approximate surface area is 119 Å². The van der Waals surface area contributed by atoms with Crippen molar-refractivity contribution in [3.63, 3.8) is 0 Å². The van der Waals surface area contributed by atoms with E-state index in [2.05, 4.69) is 5.32 Å². The molecule has 102 valence electrons. The molecule has 1 aromatic carbocycles. The number of piperidine rings is 1. The first-order valence-electron chi connectivity index (χ1n) is 6.22. The minimum atomic E-state index is -1.09. The zero-order chi connectivity index (χ0) is 14.2. The first kappa shape index (κ1) is 13.0. The van der Waals surface area contributed by atoms with Gasteiger partial charge < -0.3 is 5.32 Å². The van der Waals surface area contributed by atoms with E-state index < -0.39 is 11.4 Å². The number of ketones is 1. The highest BCUT2D eigenvalue weighted by Crippen LogP contribution is 2.38. The monoisotopic (exact) mass is 289 g/mol. The summed E-state index contributed by atoms with van der Waals surface area (Å²) in [5, 5.41) is 6.52. The third kappa shape index (κ3) is 2.04. The molecule has 3 rings (SSSR count). The fourth-order valence-corrected chi connectivity index (χ4v) is 3.40. The van der Waals surface area contributed by atoms with Gasteiger partial charge in [-0.15, -0.1) is 0 Å². The molecular formula is C15H12FNO2S. The van der Waals surface area contributed by atoms with Gasteiger partial charge in [-0.25, -0.2) is 4.39 Å². The molecule has 5 heteroatoms. The Kier molecular flexibility index (Phi) is 3.14. The number of hydrogen-bond acceptors (Lipinski definition) is 3. The highest BCUT2D eigenvalue weighted by Gasteiger charge is 2.43. The fraction of sp³-hybridized carbons (Fsp3) is 0.200. The van der Waals surface area contributed by atoms with Gasteiger partial charge in [-0.3, -0.25) is 9.59 Å². The number of carbonyl (C=O) groups excluding carboxylic acids is 2. The van der Waals surface area contributed by atoms with E-state index in [0.717, 1.165) is 5.56 Å². The van der Waals surface area contributed by atoms with Gasteiger partial charge in [-0.2, -0.15) is 11.3 Å². The van der Waals surface area contributed by atoms with Crippen molar-refractivity contribution < 1.29 is 14.0 Å². The molecule has 20 heavy (non-hydrogen) atoms. The number of nitrogens with one attached hydrogen (secondary N) is 1. The van der Waals surface area contributed by atoms with Crippen LogP contribution in [0.25, 0.3) is 0 Å². The Morgan fingerprint density at radius 1 is 1.20 bits per heavy atom. The summed E-state index contributed by atoms with van der Waals surface area (Å²) in [7, 11) is 0. The molecule has 3 nitrogen and oxygen atoms in total. The molecule has 1 atom stereocenters. The normalized spacial score (nSPS) is 22.6. The molecule has 1 aliphatic heterocycles. The largest absolute Gasteiger partial charge is 0.341 e. The molecule has 1 fully saturated rings. The Morgan fingerprint density at radius 2 is 2.00 bits per heavy atom. The molecule has 0 radical (unpaired) electrons. The average molecular weight is 289 g/mol. The minimum Gasteiger partial charge on any atom is -0.341 e. The predicted octanol–water partition coefficient (Wildman–Crippen LogP) is 2.61. The number of rotatable bonds is 2. The lowest BCUT2D eigenvalue weighted by molar-refractivity contribution is -0.133. The van der Waals surface area contributed by atoms with Crippen LogP contribution in [0.1, 0.15) is 24.0 Å². The summed E-state index contributed by atoms with van der Waals surface area (Å²) in [4.78, 5) is 23.7. The van der Waals surface area contributed by atoms with Crippen LogP contribution in [0.15, 0.2) is 41.1 Å². The first-order valence-corrected chi connectivity index (χ1v) is 7.16. The van der Waals surface area contributed by atoms with Gasteiger partial charge in [-0.1, -0.05) is 18.2 Å². The number of thiophene rings is 1. The molecule has 0 aliphatic carbocycles. The molecule has 0 spiro atoms. The quantitative estimate of drug-likeness (QED) is 0.864. The Hall–Kier alpha value is -2.01. The van der Waals surface area contributed by atoms with Gasteiger partial charge in [-0.05, 0) is 28.5 Å². The lowest BCUT2D eigenvalue weighted by Gasteiger charge is -2.37. The van der Waals surface area contributed by atoms with Crippen molar-refractivity contribution in [2.75, 3.05) is 0 Å². The van der Waals surface area contributed by atoms with Crippen LogP contribution >= 0.6 is 11.3 Å². The summed E-state index contributed by atoms with van der Waals surface area (Å²) >= 11 is 1.45. The van der Waals surface area contributed by atoms with Crippen LogP contribution in [0.5, 0.6) is 0 Å². The van der Waals surface area contributed by atoms with E-state index >= 15 is 0 Å². The SMILES string of the molecule is O=C1CC(=O)NC(c2ccsc2)(c2ccccc2F)C1. The number of halogens is 1. The van der Waals surface area contributed by atoms with Crippen molar-refractivity contribution in [1.82, 2.24) is 5.32 Å². The van der Waals surface area contributed by atoms with Crippen LogP contribution in [0, 0.1) is 5.82 Å². The van der Waals surface area contributed by atoms with Crippen molar-refractivity contribution in [3.8, 4) is 0 Å². The lowest BCUT2D eigenvalue weighted by atomic mass is 9.77. The number of amides is 1. The van der Waals surface area contributed by atoms with E-state index in [-0.39, 0.29) is 24.5 Å². The van der Waals surface area contributed by atoms with Gasteiger partial charge in [0.25, 0.3) is 0 Å². The highest BCUT2D eigenvalue weighted by atomic mass is 32.1. The molecule has 1 aliphatic rings. The summed E-state index contributed by atoms with van der Waals surface area (Å²) in [6.07, 6.45) is -0.0588. The number of Topliss-reactive ketones (excluding diaryl/α,β-unsaturated/α-hetero) is 1. The van der Waals surface area contributed by atoms with Gasteiger partial charge in [0, 0.05) is 12.0 Å². The summed E-state index contributed by atoms with van der Waals surface area (Å²) in [5.41, 5.74) is -0.00796. The van der Waals surface area contributed by atoms with Gasteiger partial charge in [0.15, 0.2) is 0 Å². The molecular weight excluding hydrogens is 277 g/mol. The van der Waals surface area contributed by atoms with Gasteiger partial charge in [0.05, 0.1) is 6.42 Å². The van der Waals surface area contributed by atoms with Crippen molar-refractivity contribution in [1.29, 1.82) is 0 Å². The van der Waals surface area contributed by atoms with Crippen LogP contribution in [0.3, 0.4) is 0 Å². The van der Waals surface area contributed by atoms with Crippen LogP contribution in [0.4, 0.5) is 4.39 Å². The molecule has 2 aromatic rings. The summed E-state index contributed by atoms with van der Waals surface area (Å²) in [6.45, 7) is 0. The third-order valence-corrected chi connectivity index (χ3v) is 4.20. The minimum absolute atomic E-state index is 0.0798. The van der Waals surface area contributed by atoms with E-state index in [9.17, 15) is 14.0 Å². The van der Waals surface area contributed by atoms with Crippen molar-refractivity contribution >= 4 is 23.0 Å². The van der Waals surface area contributed by atoms with E-state index in [0.29, 0.717) is 5.56 Å². The van der Waals surface area contributed by atoms with Crippen molar-refractivity contribution in [3.05, 3.63) is 58.0 Å². The second-order valence-electron chi connectivity index (χ2n) is 4.84. The average Bonchev–Trinajstić information content (AvgIpc) is 2.92. The maximum Gasteiger partial charge on any atom is 0.228 e. The van der Waals surface area contributed by atoms with E-state index in [1.165, 1.54) is 17.4 Å². The highest BCUT2D eigenvalue weighted by molar-refractivity contribution is 7.08. The van der Waals surface area contributed by atoms with Gasteiger partial charge in [0.2, 0.25) is 5.91 Å². The fourth-order valence-electron chi connectivity index (χ4n) is 2.67. The van der Waals surface area contributed by atoms with Crippen molar-refractivity contribution in [2.24, 2.45) is 0 Å². The Morgan fingerprint density at radius 3 is 2.65 bits per heavy atom. The second-order valence-corrected chi connectivity index (χ2v) is 5.62. The maximum atomic E-state index is 14.2. The Bertz CT molecular complexity index is 650. The number of carbonyl (C=O) groups is 2. The lowest BCUT2D eigenvalue weighted by Crippen LogP contribution is -2.52. The smallest absolute Gasteiger partial charge is 0.228 e. The van der Waals surface area contributed by atoms with E-state index in [1.807, 2.05) is 16.8 Å². The summed E-state index contributed by atoms with van der Waals surface area (Å²) < 4.78 is 14.2. The molecule has 0 bridgehead atoms. The second kappa shape index (κ2) is 4.83. The maximum absolute atomic E-state index is 14.2. The zero-order valence-corrected chi connectivity index (χ0v) is 11.4. The number of benzene rings is 1. The van der Waals surface area contributed by atoms with Crippen LogP contribution in [0.2, 0.25) is 0 Å². The summed E-state index contributed by atoms with van der Waals surface area (Å²) in [6, 6.07) is 8.07. The molecule has 1 amide bonds. The van der Waals surface area contributed by atoms with Crippen LogP contribution in [-0.2, 0) is 15.1 Å². The first-order chi connectivity index (χ1) is 9.62. The molecule has 1 aromatic heterocycles. The topological polar surface area (TPSA) is 46.2 Å². The van der Waals surface area contributed by atoms with Crippen molar-refractivity contribution in [2.45, 2.75) is 18.4 Å². The van der Waals surface area contributed by atoms with Gasteiger partial charge in [0.1, 0.15) is 17.1 Å². The molecule has 0 saturated carbocycles. The van der Waals surface area contributed by atoms with Gasteiger partial charge >= 0.3 is 0 Å². The predicted molar refractivity (Wildman–Crippen MR) is 73.9 cm³/mol. The molecule has 1 N–H and O–H groups in total. The zero-order valence-electron chi connectivity index (χ0n) is 10.6.